The number of urea groups is 1. The smallest absolute Gasteiger partial charge is 0.321 e. The van der Waals surface area contributed by atoms with Crippen molar-refractivity contribution in [3.8, 4) is 0 Å². The zero-order valence-electron chi connectivity index (χ0n) is 10.7. The van der Waals surface area contributed by atoms with Gasteiger partial charge in [-0.05, 0) is 26.7 Å². The van der Waals surface area contributed by atoms with Gasteiger partial charge in [0.15, 0.2) is 0 Å². The van der Waals surface area contributed by atoms with Crippen LogP contribution in [0.5, 0.6) is 0 Å². The third kappa shape index (κ3) is 3.19. The lowest BCUT2D eigenvalue weighted by Crippen LogP contribution is -2.35. The summed E-state index contributed by atoms with van der Waals surface area (Å²) in [4.78, 5) is 15.7. The Balaban J connectivity index is 1.81. The predicted molar refractivity (Wildman–Crippen MR) is 66.4 cm³/mol. The predicted octanol–water partition coefficient (Wildman–Crippen LogP) is 1.16. The average Bonchev–Trinajstić information content (AvgIpc) is 2.96. The van der Waals surface area contributed by atoms with Crippen LogP contribution in [0, 0.1) is 0 Å². The molecule has 0 aromatic carbocycles. The second kappa shape index (κ2) is 5.81. The van der Waals surface area contributed by atoms with E-state index in [1.165, 1.54) is 6.33 Å². The molecule has 2 amide bonds. The van der Waals surface area contributed by atoms with E-state index in [0.29, 0.717) is 12.5 Å². The molecule has 7 heteroatoms. The van der Waals surface area contributed by atoms with Crippen LogP contribution < -0.4 is 10.6 Å². The van der Waals surface area contributed by atoms with Crippen LogP contribution in [-0.2, 0) is 4.74 Å². The van der Waals surface area contributed by atoms with Gasteiger partial charge in [-0.25, -0.2) is 9.48 Å². The van der Waals surface area contributed by atoms with E-state index in [4.69, 9.17) is 4.74 Å². The highest BCUT2D eigenvalue weighted by molar-refractivity contribution is 5.87. The number of rotatable bonds is 4. The first-order chi connectivity index (χ1) is 8.66. The second-order valence-electron chi connectivity index (χ2n) is 4.59. The second-order valence-corrected chi connectivity index (χ2v) is 4.59. The van der Waals surface area contributed by atoms with Crippen LogP contribution >= 0.6 is 0 Å². The van der Waals surface area contributed by atoms with Crippen LogP contribution in [-0.4, -0.2) is 40.1 Å². The van der Waals surface area contributed by atoms with E-state index in [1.807, 2.05) is 13.8 Å². The Bertz CT molecular complexity index is 398. The van der Waals surface area contributed by atoms with E-state index >= 15 is 0 Å². The summed E-state index contributed by atoms with van der Waals surface area (Å²) in [5, 5.41) is 9.50. The normalized spacial score (nSPS) is 19.2. The minimum absolute atomic E-state index is 0.138. The summed E-state index contributed by atoms with van der Waals surface area (Å²) in [5.41, 5.74) is 0. The molecule has 1 fully saturated rings. The van der Waals surface area contributed by atoms with Crippen molar-refractivity contribution in [1.82, 2.24) is 20.1 Å². The van der Waals surface area contributed by atoms with Gasteiger partial charge in [0.25, 0.3) is 0 Å². The first-order valence-electron chi connectivity index (χ1n) is 6.23. The van der Waals surface area contributed by atoms with Crippen molar-refractivity contribution in [3.05, 3.63) is 6.33 Å². The number of hydrogen-bond donors (Lipinski definition) is 2. The number of carbonyl (C=O) groups excluding carboxylic acids is 1. The molecule has 1 aliphatic heterocycles. The van der Waals surface area contributed by atoms with Crippen molar-refractivity contribution in [2.24, 2.45) is 0 Å². The van der Waals surface area contributed by atoms with Crippen molar-refractivity contribution >= 4 is 12.0 Å². The molecule has 0 radical (unpaired) electrons. The summed E-state index contributed by atoms with van der Waals surface area (Å²) >= 11 is 0. The molecule has 18 heavy (non-hydrogen) atoms. The Morgan fingerprint density at radius 3 is 3.17 bits per heavy atom. The molecule has 1 aromatic heterocycles. The van der Waals surface area contributed by atoms with Gasteiger partial charge in [-0.2, -0.15) is 10.1 Å². The zero-order valence-corrected chi connectivity index (χ0v) is 10.7. The van der Waals surface area contributed by atoms with Gasteiger partial charge >= 0.3 is 6.03 Å². The lowest BCUT2D eigenvalue weighted by Gasteiger charge is -2.13. The molecule has 1 aliphatic rings. The molecule has 0 aliphatic carbocycles. The summed E-state index contributed by atoms with van der Waals surface area (Å²) in [6.45, 7) is 5.27. The van der Waals surface area contributed by atoms with Gasteiger partial charge in [-0.15, -0.1) is 0 Å². The quantitative estimate of drug-likeness (QED) is 0.843. The minimum Gasteiger partial charge on any atom is -0.376 e. The van der Waals surface area contributed by atoms with Crippen molar-refractivity contribution in [2.75, 3.05) is 18.5 Å². The van der Waals surface area contributed by atoms with Gasteiger partial charge in [0, 0.05) is 13.2 Å². The highest BCUT2D eigenvalue weighted by Crippen LogP contribution is 2.11. The SMILES string of the molecule is CC(C)n1ncnc1NC(=O)NC[C@H]1CCCO1. The van der Waals surface area contributed by atoms with Gasteiger partial charge in [-0.3, -0.25) is 5.32 Å². The summed E-state index contributed by atoms with van der Waals surface area (Å²) < 4.78 is 7.08. The lowest BCUT2D eigenvalue weighted by atomic mass is 10.2. The third-order valence-corrected chi connectivity index (χ3v) is 2.80. The molecule has 2 rings (SSSR count). The monoisotopic (exact) mass is 253 g/mol. The fraction of sp³-hybridized carbons (Fsp3) is 0.727. The molecule has 0 bridgehead atoms. The van der Waals surface area contributed by atoms with Crippen molar-refractivity contribution in [1.29, 1.82) is 0 Å². The Morgan fingerprint density at radius 1 is 1.67 bits per heavy atom. The Labute approximate surface area is 106 Å². The number of anilines is 1. The molecule has 1 saturated heterocycles. The summed E-state index contributed by atoms with van der Waals surface area (Å²) in [6, 6.07) is -0.124. The molecular weight excluding hydrogens is 234 g/mol. The maximum absolute atomic E-state index is 11.7. The first-order valence-corrected chi connectivity index (χ1v) is 6.23. The van der Waals surface area contributed by atoms with Crippen LogP contribution in [0.2, 0.25) is 0 Å². The fourth-order valence-electron chi connectivity index (χ4n) is 1.88. The first kappa shape index (κ1) is 12.8. The Morgan fingerprint density at radius 2 is 2.50 bits per heavy atom. The lowest BCUT2D eigenvalue weighted by molar-refractivity contribution is 0.112. The van der Waals surface area contributed by atoms with Gasteiger partial charge in [0.05, 0.1) is 12.1 Å². The van der Waals surface area contributed by atoms with Gasteiger partial charge in [0.2, 0.25) is 5.95 Å². The number of nitrogens with one attached hydrogen (secondary N) is 2. The molecule has 7 nitrogen and oxygen atoms in total. The molecule has 0 saturated carbocycles. The topological polar surface area (TPSA) is 81.1 Å². The van der Waals surface area contributed by atoms with E-state index < -0.39 is 0 Å². The summed E-state index contributed by atoms with van der Waals surface area (Å²) in [6.07, 6.45) is 3.63. The van der Waals surface area contributed by atoms with E-state index in [1.54, 1.807) is 4.68 Å². The van der Waals surface area contributed by atoms with E-state index in [0.717, 1.165) is 19.4 Å². The van der Waals surface area contributed by atoms with Crippen molar-refractivity contribution in [2.45, 2.75) is 38.8 Å². The maximum Gasteiger partial charge on any atom is 0.321 e. The standard InChI is InChI=1S/C11H19N5O2/c1-8(2)16-10(13-7-14-16)15-11(17)12-6-9-4-3-5-18-9/h7-9H,3-6H2,1-2H3,(H2,12,13,14,15,17)/t9-/m1/s1. The van der Waals surface area contributed by atoms with E-state index in [9.17, 15) is 4.79 Å². The highest BCUT2D eigenvalue weighted by Gasteiger charge is 2.17. The molecule has 2 N–H and O–H groups in total. The summed E-state index contributed by atoms with van der Waals surface area (Å²) in [5.74, 6) is 0.454. The van der Waals surface area contributed by atoms with Gasteiger partial charge in [0.1, 0.15) is 6.33 Å². The number of nitrogens with zero attached hydrogens (tertiary/aromatic N) is 3. The molecule has 2 heterocycles. The third-order valence-electron chi connectivity index (χ3n) is 2.80. The number of amides is 2. The average molecular weight is 253 g/mol. The van der Waals surface area contributed by atoms with Crippen LogP contribution in [0.4, 0.5) is 10.7 Å². The number of ether oxygens (including phenoxy) is 1. The van der Waals surface area contributed by atoms with Gasteiger partial charge < -0.3 is 10.1 Å². The van der Waals surface area contributed by atoms with Crippen LogP contribution in [0.15, 0.2) is 6.33 Å². The molecule has 100 valence electrons. The largest absolute Gasteiger partial charge is 0.376 e. The summed E-state index contributed by atoms with van der Waals surface area (Å²) in [7, 11) is 0. The zero-order chi connectivity index (χ0) is 13.0. The van der Waals surface area contributed by atoms with E-state index in [2.05, 4.69) is 20.7 Å². The van der Waals surface area contributed by atoms with Gasteiger partial charge in [-0.1, -0.05) is 0 Å². The Hall–Kier alpha value is -1.63. The number of carbonyl (C=O) groups is 1. The molecule has 0 spiro atoms. The van der Waals surface area contributed by atoms with Crippen LogP contribution in [0.1, 0.15) is 32.7 Å². The molecule has 0 unspecified atom stereocenters. The van der Waals surface area contributed by atoms with Crippen LogP contribution in [0.25, 0.3) is 0 Å². The highest BCUT2D eigenvalue weighted by atomic mass is 16.5. The maximum atomic E-state index is 11.7. The Kier molecular flexibility index (Phi) is 4.14. The minimum atomic E-state index is -0.277. The van der Waals surface area contributed by atoms with Crippen molar-refractivity contribution in [3.63, 3.8) is 0 Å². The van der Waals surface area contributed by atoms with Crippen LogP contribution in [0.3, 0.4) is 0 Å². The molecule has 1 atom stereocenters. The number of hydrogen-bond acceptors (Lipinski definition) is 4. The number of aromatic nitrogens is 3. The fourth-order valence-corrected chi connectivity index (χ4v) is 1.88. The van der Waals surface area contributed by atoms with Crippen molar-refractivity contribution < 1.29 is 9.53 Å². The van der Waals surface area contributed by atoms with E-state index in [-0.39, 0.29) is 18.2 Å². The molecular formula is C11H19N5O2. The molecule has 1 aromatic rings.